The van der Waals surface area contributed by atoms with Crippen molar-refractivity contribution in [3.8, 4) is 0 Å². The molecule has 0 fully saturated rings. The molecule has 1 aliphatic rings. The molecular formula is C17H24O. The van der Waals surface area contributed by atoms with Crippen molar-refractivity contribution in [3.05, 3.63) is 35.4 Å². The Bertz CT molecular complexity index is 394. The Morgan fingerprint density at radius 1 is 1.06 bits per heavy atom. The van der Waals surface area contributed by atoms with Crippen LogP contribution in [0, 0.1) is 5.92 Å². The normalized spacial score (nSPS) is 18.1. The fraction of sp³-hybridized carbons (Fsp3) is 0.588. The molecule has 0 spiro atoms. The Hall–Kier alpha value is -1.11. The highest BCUT2D eigenvalue weighted by atomic mass is 16.1. The topological polar surface area (TPSA) is 17.1 Å². The van der Waals surface area contributed by atoms with Gasteiger partial charge in [-0.25, -0.2) is 0 Å². The van der Waals surface area contributed by atoms with E-state index in [9.17, 15) is 4.79 Å². The molecule has 1 aromatic carbocycles. The average molecular weight is 244 g/mol. The number of Topliss-reactive ketones (excluding diaryl/α,β-unsaturated/α-hetero) is 1. The number of unbranched alkanes of at least 4 members (excludes halogenated alkanes) is 5. The Morgan fingerprint density at radius 2 is 1.78 bits per heavy atom. The third-order valence-corrected chi connectivity index (χ3v) is 4.03. The van der Waals surface area contributed by atoms with Crippen LogP contribution in [0.1, 0.15) is 67.8 Å². The van der Waals surface area contributed by atoms with E-state index in [1.807, 2.05) is 18.2 Å². The van der Waals surface area contributed by atoms with Crippen LogP contribution in [0.4, 0.5) is 0 Å². The van der Waals surface area contributed by atoms with E-state index in [1.165, 1.54) is 44.1 Å². The third-order valence-electron chi connectivity index (χ3n) is 4.03. The van der Waals surface area contributed by atoms with Gasteiger partial charge in [0.1, 0.15) is 0 Å². The first kappa shape index (κ1) is 13.3. The number of carbonyl (C=O) groups is 1. The molecule has 0 aliphatic heterocycles. The zero-order chi connectivity index (χ0) is 12.8. The van der Waals surface area contributed by atoms with Crippen LogP contribution in [0.5, 0.6) is 0 Å². The van der Waals surface area contributed by atoms with E-state index in [1.54, 1.807) is 0 Å². The van der Waals surface area contributed by atoms with E-state index in [-0.39, 0.29) is 5.92 Å². The molecule has 0 heterocycles. The fourth-order valence-corrected chi connectivity index (χ4v) is 2.92. The Morgan fingerprint density at radius 3 is 2.56 bits per heavy atom. The van der Waals surface area contributed by atoms with Crippen LogP contribution in [0.25, 0.3) is 0 Å². The molecular weight excluding hydrogens is 220 g/mol. The predicted molar refractivity (Wildman–Crippen MR) is 76.0 cm³/mol. The zero-order valence-electron chi connectivity index (χ0n) is 11.5. The minimum atomic E-state index is 0.272. The molecule has 0 aromatic heterocycles. The SMILES string of the molecule is CCCCCCCC[C@H]1Cc2ccccc2C1=O. The van der Waals surface area contributed by atoms with Crippen molar-refractivity contribution < 1.29 is 4.79 Å². The largest absolute Gasteiger partial charge is 0.294 e. The summed E-state index contributed by atoms with van der Waals surface area (Å²) in [5.74, 6) is 0.660. The monoisotopic (exact) mass is 244 g/mol. The Labute approximate surface area is 111 Å². The number of hydrogen-bond acceptors (Lipinski definition) is 1. The molecule has 0 bridgehead atoms. The lowest BCUT2D eigenvalue weighted by atomic mass is 9.97. The van der Waals surface area contributed by atoms with E-state index >= 15 is 0 Å². The second kappa shape index (κ2) is 6.72. The molecule has 2 rings (SSSR count). The van der Waals surface area contributed by atoms with E-state index in [4.69, 9.17) is 0 Å². The molecule has 1 heteroatoms. The van der Waals surface area contributed by atoms with Gasteiger partial charge in [0.05, 0.1) is 0 Å². The van der Waals surface area contributed by atoms with Crippen LogP contribution in [-0.4, -0.2) is 5.78 Å². The van der Waals surface area contributed by atoms with Crippen LogP contribution in [0.2, 0.25) is 0 Å². The fourth-order valence-electron chi connectivity index (χ4n) is 2.92. The van der Waals surface area contributed by atoms with Gasteiger partial charge in [0, 0.05) is 11.5 Å². The summed E-state index contributed by atoms with van der Waals surface area (Å²) in [6.07, 6.45) is 9.92. The zero-order valence-corrected chi connectivity index (χ0v) is 11.5. The van der Waals surface area contributed by atoms with Crippen molar-refractivity contribution in [2.75, 3.05) is 0 Å². The summed E-state index contributed by atoms with van der Waals surface area (Å²) >= 11 is 0. The van der Waals surface area contributed by atoms with E-state index in [0.717, 1.165) is 18.4 Å². The standard InChI is InChI=1S/C17H24O/c1-2-3-4-5-6-7-11-15-13-14-10-8-9-12-16(14)17(15)18/h8-10,12,15H,2-7,11,13H2,1H3/t15-/m0/s1. The average Bonchev–Trinajstić information content (AvgIpc) is 2.71. The smallest absolute Gasteiger partial charge is 0.166 e. The number of hydrogen-bond donors (Lipinski definition) is 0. The quantitative estimate of drug-likeness (QED) is 0.630. The summed E-state index contributed by atoms with van der Waals surface area (Å²) in [5, 5.41) is 0. The van der Waals surface area contributed by atoms with Gasteiger partial charge < -0.3 is 0 Å². The molecule has 98 valence electrons. The number of ketones is 1. The minimum Gasteiger partial charge on any atom is -0.294 e. The summed E-state index contributed by atoms with van der Waals surface area (Å²) in [7, 11) is 0. The maximum Gasteiger partial charge on any atom is 0.166 e. The summed E-state index contributed by atoms with van der Waals surface area (Å²) in [6, 6.07) is 8.11. The highest BCUT2D eigenvalue weighted by molar-refractivity contribution is 6.02. The van der Waals surface area contributed by atoms with Crippen molar-refractivity contribution in [3.63, 3.8) is 0 Å². The lowest BCUT2D eigenvalue weighted by molar-refractivity contribution is 0.0929. The van der Waals surface area contributed by atoms with Gasteiger partial charge in [-0.3, -0.25) is 4.79 Å². The van der Waals surface area contributed by atoms with Gasteiger partial charge in [-0.1, -0.05) is 69.7 Å². The molecule has 0 radical (unpaired) electrons. The van der Waals surface area contributed by atoms with Gasteiger partial charge in [0.25, 0.3) is 0 Å². The van der Waals surface area contributed by atoms with Crippen LogP contribution < -0.4 is 0 Å². The highest BCUT2D eigenvalue weighted by Crippen LogP contribution is 2.29. The van der Waals surface area contributed by atoms with Crippen molar-refractivity contribution in [1.29, 1.82) is 0 Å². The second-order valence-corrected chi connectivity index (χ2v) is 5.48. The van der Waals surface area contributed by atoms with E-state index in [0.29, 0.717) is 5.78 Å². The molecule has 1 nitrogen and oxygen atoms in total. The summed E-state index contributed by atoms with van der Waals surface area (Å²) in [5.41, 5.74) is 2.24. The lowest BCUT2D eigenvalue weighted by Gasteiger charge is -2.07. The van der Waals surface area contributed by atoms with Crippen molar-refractivity contribution in [2.45, 2.75) is 58.3 Å². The Balaban J connectivity index is 1.72. The van der Waals surface area contributed by atoms with Crippen molar-refractivity contribution in [1.82, 2.24) is 0 Å². The molecule has 1 aliphatic carbocycles. The number of fused-ring (bicyclic) bond motifs is 1. The summed E-state index contributed by atoms with van der Waals surface area (Å²) < 4.78 is 0. The van der Waals surface area contributed by atoms with E-state index < -0.39 is 0 Å². The van der Waals surface area contributed by atoms with Crippen molar-refractivity contribution >= 4 is 5.78 Å². The van der Waals surface area contributed by atoms with Gasteiger partial charge >= 0.3 is 0 Å². The molecule has 0 saturated heterocycles. The molecule has 0 unspecified atom stereocenters. The molecule has 18 heavy (non-hydrogen) atoms. The second-order valence-electron chi connectivity index (χ2n) is 5.48. The third kappa shape index (κ3) is 3.22. The van der Waals surface area contributed by atoms with Crippen LogP contribution in [0.3, 0.4) is 0 Å². The maximum atomic E-state index is 12.2. The minimum absolute atomic E-state index is 0.272. The molecule has 0 amide bonds. The molecule has 1 aromatic rings. The molecule has 1 atom stereocenters. The predicted octanol–water partition coefficient (Wildman–Crippen LogP) is 4.79. The van der Waals surface area contributed by atoms with Gasteiger partial charge in [-0.2, -0.15) is 0 Å². The van der Waals surface area contributed by atoms with Crippen LogP contribution in [0.15, 0.2) is 24.3 Å². The first-order valence-electron chi connectivity index (χ1n) is 7.45. The highest BCUT2D eigenvalue weighted by Gasteiger charge is 2.29. The number of carbonyl (C=O) groups excluding carboxylic acids is 1. The van der Waals surface area contributed by atoms with Gasteiger partial charge in [0.2, 0.25) is 0 Å². The van der Waals surface area contributed by atoms with Gasteiger partial charge in [-0.05, 0) is 18.4 Å². The number of benzene rings is 1. The van der Waals surface area contributed by atoms with Crippen LogP contribution >= 0.6 is 0 Å². The summed E-state index contributed by atoms with van der Waals surface area (Å²) in [4.78, 5) is 12.2. The van der Waals surface area contributed by atoms with Crippen molar-refractivity contribution in [2.24, 2.45) is 5.92 Å². The molecule has 0 saturated carbocycles. The summed E-state index contributed by atoms with van der Waals surface area (Å²) in [6.45, 7) is 2.24. The van der Waals surface area contributed by atoms with E-state index in [2.05, 4.69) is 13.0 Å². The van der Waals surface area contributed by atoms with Gasteiger partial charge in [0.15, 0.2) is 5.78 Å². The Kier molecular flexibility index (Phi) is 4.98. The first-order valence-corrected chi connectivity index (χ1v) is 7.45. The van der Waals surface area contributed by atoms with Gasteiger partial charge in [-0.15, -0.1) is 0 Å². The van der Waals surface area contributed by atoms with Crippen LogP contribution in [-0.2, 0) is 6.42 Å². The molecule has 0 N–H and O–H groups in total. The first-order chi connectivity index (χ1) is 8.83. The maximum absolute atomic E-state index is 12.2. The number of rotatable bonds is 7. The lowest BCUT2D eigenvalue weighted by Crippen LogP contribution is -2.08.